The number of benzene rings is 1. The highest BCUT2D eigenvalue weighted by atomic mass is 28.4. The zero-order chi connectivity index (χ0) is 16.4. The maximum absolute atomic E-state index is 8.56. The first-order valence-corrected chi connectivity index (χ1v) is 9.55. The van der Waals surface area contributed by atoms with E-state index in [0.717, 1.165) is 12.0 Å². The van der Waals surface area contributed by atoms with Crippen molar-refractivity contribution in [3.63, 3.8) is 0 Å². The first kappa shape index (κ1) is 18.7. The van der Waals surface area contributed by atoms with Crippen molar-refractivity contribution in [2.24, 2.45) is 0 Å². The van der Waals surface area contributed by atoms with Crippen LogP contribution in [0.5, 0.6) is 5.75 Å². The molecule has 0 N–H and O–H groups in total. The third-order valence-electron chi connectivity index (χ3n) is 3.32. The van der Waals surface area contributed by atoms with Gasteiger partial charge in [-0.25, -0.2) is 0 Å². The largest absolute Gasteiger partial charge is 0.508 e. The summed E-state index contributed by atoms with van der Waals surface area (Å²) in [7, 11) is -2.81. The first-order valence-electron chi connectivity index (χ1n) is 7.75. The van der Waals surface area contributed by atoms with Gasteiger partial charge in [-0.2, -0.15) is 0 Å². The van der Waals surface area contributed by atoms with Crippen molar-refractivity contribution in [3.8, 4) is 12.0 Å². The lowest BCUT2D eigenvalue weighted by Gasteiger charge is -2.35. The van der Waals surface area contributed by atoms with E-state index in [2.05, 4.69) is 6.92 Å². The monoisotopic (exact) mass is 323 g/mol. The molecule has 0 saturated heterocycles. The highest BCUT2D eigenvalue weighted by Gasteiger charge is 2.49. The Kier molecular flexibility index (Phi) is 8.13. The van der Waals surface area contributed by atoms with Gasteiger partial charge in [-0.3, -0.25) is 0 Å². The molecule has 0 aromatic heterocycles. The summed E-state index contributed by atoms with van der Waals surface area (Å²) in [4.78, 5) is 0. The Labute approximate surface area is 134 Å². The average Bonchev–Trinajstić information content (AvgIpc) is 2.51. The lowest BCUT2D eigenvalue weighted by atomic mass is 10.1. The van der Waals surface area contributed by atoms with Crippen LogP contribution in [0.4, 0.5) is 0 Å². The van der Waals surface area contributed by atoms with Gasteiger partial charge >= 0.3 is 8.80 Å². The third-order valence-corrected chi connectivity index (χ3v) is 6.99. The molecule has 1 aromatic rings. The average molecular weight is 323 g/mol. The van der Waals surface area contributed by atoms with Crippen molar-refractivity contribution in [2.45, 2.75) is 39.7 Å². The van der Waals surface area contributed by atoms with Gasteiger partial charge in [-0.1, -0.05) is 19.1 Å². The van der Waals surface area contributed by atoms with Crippen LogP contribution in [-0.2, 0) is 13.3 Å². The van der Waals surface area contributed by atoms with Crippen LogP contribution in [0.2, 0.25) is 0 Å². The molecule has 0 aliphatic heterocycles. The Morgan fingerprint density at radius 2 is 1.45 bits per heavy atom. The first-order chi connectivity index (χ1) is 10.7. The summed E-state index contributed by atoms with van der Waals surface area (Å²) >= 11 is 0. The molecule has 1 atom stereocenters. The van der Waals surface area contributed by atoms with Crippen LogP contribution in [-0.4, -0.2) is 28.6 Å². The second kappa shape index (κ2) is 9.59. The molecule has 0 spiro atoms. The van der Waals surface area contributed by atoms with Gasteiger partial charge in [0.1, 0.15) is 5.75 Å². The molecule has 6 heteroatoms. The highest BCUT2D eigenvalue weighted by molar-refractivity contribution is 6.62. The molecule has 0 aliphatic carbocycles. The minimum absolute atomic E-state index is 0.0588. The zero-order valence-corrected chi connectivity index (χ0v) is 14.8. The number of ether oxygens (including phenoxy) is 1. The number of rotatable bonds is 10. The van der Waals surface area contributed by atoms with E-state index in [0.29, 0.717) is 25.6 Å². The minimum atomic E-state index is -2.81. The second-order valence-electron chi connectivity index (χ2n) is 4.63. The molecule has 0 bridgehead atoms. The van der Waals surface area contributed by atoms with Crippen LogP contribution in [0.3, 0.4) is 0 Å². The van der Waals surface area contributed by atoms with Crippen molar-refractivity contribution in [1.29, 1.82) is 5.26 Å². The summed E-state index contributed by atoms with van der Waals surface area (Å²) in [5.74, 6) is 0.526. The van der Waals surface area contributed by atoms with Gasteiger partial charge in [0.2, 0.25) is 0 Å². The van der Waals surface area contributed by atoms with Gasteiger partial charge < -0.3 is 18.0 Å². The standard InChI is InChI=1S/C16H25NO4Si/c1-5-16(14-9-11-15(12-10-14)18-13-17)22(19-6-2,20-7-3)21-8-4/h9-12,16H,5-8H2,1-4H3. The van der Waals surface area contributed by atoms with E-state index < -0.39 is 8.80 Å². The summed E-state index contributed by atoms with van der Waals surface area (Å²) in [6.45, 7) is 9.63. The van der Waals surface area contributed by atoms with Crippen molar-refractivity contribution in [2.75, 3.05) is 19.8 Å². The number of nitriles is 1. The van der Waals surface area contributed by atoms with Crippen LogP contribution < -0.4 is 4.74 Å². The van der Waals surface area contributed by atoms with Gasteiger partial charge in [0.15, 0.2) is 0 Å². The minimum Gasteiger partial charge on any atom is -0.388 e. The van der Waals surface area contributed by atoms with E-state index in [1.54, 1.807) is 18.4 Å². The van der Waals surface area contributed by atoms with E-state index in [1.807, 2.05) is 32.9 Å². The van der Waals surface area contributed by atoms with Crippen LogP contribution in [0.1, 0.15) is 45.2 Å². The van der Waals surface area contributed by atoms with E-state index in [9.17, 15) is 0 Å². The summed E-state index contributed by atoms with van der Waals surface area (Å²) in [6.07, 6.45) is 2.52. The second-order valence-corrected chi connectivity index (χ2v) is 7.40. The number of nitrogens with zero attached hydrogens (tertiary/aromatic N) is 1. The van der Waals surface area contributed by atoms with Crippen molar-refractivity contribution in [3.05, 3.63) is 29.8 Å². The molecule has 22 heavy (non-hydrogen) atoms. The van der Waals surface area contributed by atoms with E-state index in [-0.39, 0.29) is 5.54 Å². The highest BCUT2D eigenvalue weighted by Crippen LogP contribution is 2.33. The summed E-state index contributed by atoms with van der Waals surface area (Å²) in [6, 6.07) is 7.45. The van der Waals surface area contributed by atoms with Gasteiger partial charge in [0.05, 0.1) is 5.54 Å². The molecular formula is C16H25NO4Si. The lowest BCUT2D eigenvalue weighted by Crippen LogP contribution is -2.51. The van der Waals surface area contributed by atoms with Gasteiger partial charge in [0.25, 0.3) is 6.26 Å². The Bertz CT molecular complexity index is 455. The molecular weight excluding hydrogens is 298 g/mol. The Morgan fingerprint density at radius 3 is 1.82 bits per heavy atom. The predicted octanol–water partition coefficient (Wildman–Crippen LogP) is 3.63. The zero-order valence-electron chi connectivity index (χ0n) is 13.8. The fraction of sp³-hybridized carbons (Fsp3) is 0.562. The van der Waals surface area contributed by atoms with Gasteiger partial charge in [-0.15, -0.1) is 5.26 Å². The van der Waals surface area contributed by atoms with Crippen molar-refractivity contribution in [1.82, 2.24) is 0 Å². The summed E-state index contributed by atoms with van der Waals surface area (Å²) < 4.78 is 22.8. The summed E-state index contributed by atoms with van der Waals surface area (Å²) in [5, 5.41) is 8.56. The van der Waals surface area contributed by atoms with Crippen LogP contribution in [0, 0.1) is 11.5 Å². The molecule has 0 amide bonds. The SMILES string of the molecule is CCO[Si](OCC)(OCC)C(CC)c1ccc(OC#N)cc1. The Morgan fingerprint density at radius 1 is 0.955 bits per heavy atom. The molecule has 1 unspecified atom stereocenters. The van der Waals surface area contributed by atoms with E-state index in [1.165, 1.54) is 0 Å². The van der Waals surface area contributed by atoms with E-state index >= 15 is 0 Å². The molecule has 122 valence electrons. The molecule has 1 aromatic carbocycles. The number of hydrogen-bond acceptors (Lipinski definition) is 5. The fourth-order valence-corrected chi connectivity index (χ4v) is 5.70. The Balaban J connectivity index is 3.13. The van der Waals surface area contributed by atoms with Crippen LogP contribution in [0.25, 0.3) is 0 Å². The third kappa shape index (κ3) is 4.55. The van der Waals surface area contributed by atoms with Crippen molar-refractivity contribution < 1.29 is 18.0 Å². The molecule has 0 radical (unpaired) electrons. The van der Waals surface area contributed by atoms with Gasteiger partial charge in [0, 0.05) is 19.8 Å². The molecule has 0 fully saturated rings. The lowest BCUT2D eigenvalue weighted by molar-refractivity contribution is 0.0611. The molecule has 0 saturated carbocycles. The quantitative estimate of drug-likeness (QED) is 0.486. The van der Waals surface area contributed by atoms with Crippen LogP contribution in [0.15, 0.2) is 24.3 Å². The normalized spacial score (nSPS) is 12.7. The van der Waals surface area contributed by atoms with Gasteiger partial charge in [-0.05, 0) is 44.9 Å². The van der Waals surface area contributed by atoms with E-state index in [4.69, 9.17) is 23.3 Å². The molecule has 0 aliphatic rings. The van der Waals surface area contributed by atoms with Crippen molar-refractivity contribution >= 4 is 8.80 Å². The maximum atomic E-state index is 8.56. The Hall–Kier alpha value is -1.39. The topological polar surface area (TPSA) is 60.7 Å². The smallest absolute Gasteiger partial charge is 0.388 e. The molecule has 1 rings (SSSR count). The fourth-order valence-electron chi connectivity index (χ4n) is 2.54. The molecule has 0 heterocycles. The van der Waals surface area contributed by atoms with Crippen LogP contribution >= 0.6 is 0 Å². The number of hydrogen-bond donors (Lipinski definition) is 0. The summed E-state index contributed by atoms with van der Waals surface area (Å²) in [5.41, 5.74) is 1.14. The maximum Gasteiger partial charge on any atom is 0.508 e. The predicted molar refractivity (Wildman–Crippen MR) is 86.3 cm³/mol. The molecule has 5 nitrogen and oxygen atoms in total.